The predicted octanol–water partition coefficient (Wildman–Crippen LogP) is 4.13. The van der Waals surface area contributed by atoms with Gasteiger partial charge in [-0.3, -0.25) is 9.59 Å². The second-order valence-corrected chi connectivity index (χ2v) is 7.96. The van der Waals surface area contributed by atoms with E-state index in [9.17, 15) is 14.4 Å². The van der Waals surface area contributed by atoms with Crippen molar-refractivity contribution in [2.45, 2.75) is 13.8 Å². The Morgan fingerprint density at radius 1 is 1.06 bits per heavy atom. The molecule has 0 amide bonds. The van der Waals surface area contributed by atoms with Crippen LogP contribution in [0.1, 0.15) is 32.2 Å². The highest BCUT2D eigenvalue weighted by molar-refractivity contribution is 9.10. The van der Waals surface area contributed by atoms with Crippen molar-refractivity contribution in [2.24, 2.45) is 0 Å². The largest absolute Gasteiger partial charge is 0.452 e. The van der Waals surface area contributed by atoms with Gasteiger partial charge in [-0.2, -0.15) is 5.10 Å². The van der Waals surface area contributed by atoms with Crippen molar-refractivity contribution in [3.05, 3.63) is 92.1 Å². The van der Waals surface area contributed by atoms with Crippen LogP contribution in [0.5, 0.6) is 0 Å². The molecule has 2 heterocycles. The number of hydrogen-bond acceptors (Lipinski definition) is 5. The lowest BCUT2D eigenvalue weighted by atomic mass is 10.1. The maximum absolute atomic E-state index is 12.8. The van der Waals surface area contributed by atoms with Gasteiger partial charge >= 0.3 is 5.97 Å². The molecule has 156 valence electrons. The normalized spacial score (nSPS) is 10.9. The summed E-state index contributed by atoms with van der Waals surface area (Å²) in [6, 6.07) is 16.1. The number of nitrogens with zero attached hydrogens (tertiary/aromatic N) is 2. The Kier molecular flexibility index (Phi) is 5.56. The predicted molar refractivity (Wildman–Crippen MR) is 120 cm³/mol. The summed E-state index contributed by atoms with van der Waals surface area (Å²) in [7, 11) is 0. The van der Waals surface area contributed by atoms with Crippen LogP contribution in [0.2, 0.25) is 0 Å². The molecule has 0 saturated carbocycles. The van der Waals surface area contributed by atoms with Crippen LogP contribution in [-0.4, -0.2) is 33.1 Å². The first-order valence-electron chi connectivity index (χ1n) is 9.49. The molecule has 0 radical (unpaired) electrons. The lowest BCUT2D eigenvalue weighted by Crippen LogP contribution is -2.19. The molecule has 0 fully saturated rings. The molecule has 4 aromatic rings. The zero-order chi connectivity index (χ0) is 22.1. The Labute approximate surface area is 185 Å². The van der Waals surface area contributed by atoms with E-state index in [-0.39, 0.29) is 11.5 Å². The number of carbonyl (C=O) groups is 2. The van der Waals surface area contributed by atoms with Crippen LogP contribution in [-0.2, 0) is 4.74 Å². The standard InChI is InChI=1S/C23H18BrN3O4/c1-13-10-19(14(2)27(13)16-7-5-6-15(24)11-16)20(28)12-31-23(30)21-17-8-3-4-9-18(17)22(29)26-25-21/h3-11H,12H2,1-2H3,(H,26,29). The Hall–Kier alpha value is -3.52. The summed E-state index contributed by atoms with van der Waals surface area (Å²) in [5.41, 5.74) is 2.60. The fourth-order valence-corrected chi connectivity index (χ4v) is 3.99. The van der Waals surface area contributed by atoms with E-state index in [2.05, 4.69) is 26.1 Å². The van der Waals surface area contributed by atoms with Gasteiger partial charge in [0.15, 0.2) is 12.3 Å². The molecular weight excluding hydrogens is 462 g/mol. The number of aromatic amines is 1. The lowest BCUT2D eigenvalue weighted by Gasteiger charge is -2.10. The molecule has 8 heteroatoms. The SMILES string of the molecule is Cc1cc(C(=O)COC(=O)c2n[nH]c(=O)c3ccccc23)c(C)n1-c1cccc(Br)c1. The molecule has 0 atom stereocenters. The van der Waals surface area contributed by atoms with Crippen LogP contribution in [0.4, 0.5) is 0 Å². The minimum atomic E-state index is -0.776. The summed E-state index contributed by atoms with van der Waals surface area (Å²) in [5, 5.41) is 6.80. The topological polar surface area (TPSA) is 94.1 Å². The van der Waals surface area contributed by atoms with Crippen molar-refractivity contribution in [2.75, 3.05) is 6.61 Å². The van der Waals surface area contributed by atoms with E-state index in [0.717, 1.165) is 21.5 Å². The average molecular weight is 480 g/mol. The number of hydrogen-bond donors (Lipinski definition) is 1. The summed E-state index contributed by atoms with van der Waals surface area (Å²) < 4.78 is 8.13. The highest BCUT2D eigenvalue weighted by Gasteiger charge is 2.20. The number of fused-ring (bicyclic) bond motifs is 1. The molecule has 31 heavy (non-hydrogen) atoms. The van der Waals surface area contributed by atoms with Crippen LogP contribution in [0.25, 0.3) is 16.5 Å². The van der Waals surface area contributed by atoms with E-state index in [1.807, 2.05) is 42.7 Å². The Bertz CT molecular complexity index is 1390. The Balaban J connectivity index is 1.56. The zero-order valence-corrected chi connectivity index (χ0v) is 18.4. The number of aromatic nitrogens is 3. The number of ketones is 1. The number of carbonyl (C=O) groups excluding carboxylic acids is 2. The van der Waals surface area contributed by atoms with Crippen LogP contribution in [0.3, 0.4) is 0 Å². The highest BCUT2D eigenvalue weighted by Crippen LogP contribution is 2.23. The highest BCUT2D eigenvalue weighted by atomic mass is 79.9. The van der Waals surface area contributed by atoms with Crippen molar-refractivity contribution < 1.29 is 14.3 Å². The Morgan fingerprint density at radius 3 is 2.55 bits per heavy atom. The number of ether oxygens (including phenoxy) is 1. The molecular formula is C23H18BrN3O4. The van der Waals surface area contributed by atoms with Gasteiger partial charge in [-0.25, -0.2) is 9.89 Å². The van der Waals surface area contributed by atoms with Crippen LogP contribution >= 0.6 is 15.9 Å². The summed E-state index contributed by atoms with van der Waals surface area (Å²) >= 11 is 3.46. The van der Waals surface area contributed by atoms with Crippen molar-refractivity contribution in [1.29, 1.82) is 0 Å². The zero-order valence-electron chi connectivity index (χ0n) is 16.8. The number of Topliss-reactive ketones (excluding diaryl/α,β-unsaturated/α-hetero) is 1. The lowest BCUT2D eigenvalue weighted by molar-refractivity contribution is 0.0469. The van der Waals surface area contributed by atoms with Crippen molar-refractivity contribution in [1.82, 2.24) is 14.8 Å². The average Bonchev–Trinajstić information content (AvgIpc) is 3.06. The molecule has 2 aromatic heterocycles. The fraction of sp³-hybridized carbons (Fsp3) is 0.130. The molecule has 7 nitrogen and oxygen atoms in total. The number of H-pyrrole nitrogens is 1. The van der Waals surface area contributed by atoms with E-state index in [0.29, 0.717) is 16.3 Å². The minimum Gasteiger partial charge on any atom is -0.452 e. The fourth-order valence-electron chi connectivity index (χ4n) is 3.61. The molecule has 0 aliphatic rings. The minimum absolute atomic E-state index is 0.0393. The third kappa shape index (κ3) is 3.94. The number of halogens is 1. The molecule has 2 aromatic carbocycles. The molecule has 0 saturated heterocycles. The van der Waals surface area contributed by atoms with Crippen molar-refractivity contribution in [3.8, 4) is 5.69 Å². The van der Waals surface area contributed by atoms with Gasteiger partial charge in [-0.05, 0) is 44.2 Å². The summed E-state index contributed by atoms with van der Waals surface area (Å²) in [6.07, 6.45) is 0. The van der Waals surface area contributed by atoms with Gasteiger partial charge in [0.25, 0.3) is 5.56 Å². The Morgan fingerprint density at radius 2 is 1.81 bits per heavy atom. The maximum atomic E-state index is 12.8. The van der Waals surface area contributed by atoms with Gasteiger partial charge < -0.3 is 9.30 Å². The molecule has 4 rings (SSSR count). The number of nitrogens with one attached hydrogen (secondary N) is 1. The van der Waals surface area contributed by atoms with E-state index in [4.69, 9.17) is 4.74 Å². The van der Waals surface area contributed by atoms with Gasteiger partial charge in [0.05, 0.1) is 5.39 Å². The van der Waals surface area contributed by atoms with E-state index < -0.39 is 18.1 Å². The third-order valence-corrected chi connectivity index (χ3v) is 5.51. The van der Waals surface area contributed by atoms with E-state index in [1.165, 1.54) is 0 Å². The van der Waals surface area contributed by atoms with Crippen LogP contribution < -0.4 is 5.56 Å². The number of esters is 1. The number of aryl methyl sites for hydroxylation is 1. The smallest absolute Gasteiger partial charge is 0.359 e. The summed E-state index contributed by atoms with van der Waals surface area (Å²) in [6.45, 7) is 3.32. The molecule has 0 aliphatic heterocycles. The second-order valence-electron chi connectivity index (χ2n) is 7.05. The van der Waals surface area contributed by atoms with E-state index >= 15 is 0 Å². The van der Waals surface area contributed by atoms with Gasteiger partial charge in [0.2, 0.25) is 5.78 Å². The summed E-state index contributed by atoms with van der Waals surface area (Å²) in [5.74, 6) is -1.10. The van der Waals surface area contributed by atoms with Crippen LogP contribution in [0, 0.1) is 13.8 Å². The first kappa shape index (κ1) is 20.7. The number of benzene rings is 2. The molecule has 0 spiro atoms. The van der Waals surface area contributed by atoms with Crippen LogP contribution in [0.15, 0.2) is 63.9 Å². The van der Waals surface area contributed by atoms with Gasteiger partial charge in [-0.1, -0.05) is 40.2 Å². The summed E-state index contributed by atoms with van der Waals surface area (Å²) in [4.78, 5) is 37.2. The second kappa shape index (κ2) is 8.31. The number of rotatable bonds is 5. The van der Waals surface area contributed by atoms with Crippen molar-refractivity contribution in [3.63, 3.8) is 0 Å². The van der Waals surface area contributed by atoms with Crippen molar-refractivity contribution >= 4 is 38.5 Å². The monoisotopic (exact) mass is 479 g/mol. The van der Waals surface area contributed by atoms with Gasteiger partial charge in [0, 0.05) is 32.5 Å². The maximum Gasteiger partial charge on any atom is 0.359 e. The molecule has 0 aliphatic carbocycles. The molecule has 0 unspecified atom stereocenters. The van der Waals surface area contributed by atoms with Gasteiger partial charge in [-0.15, -0.1) is 0 Å². The molecule has 0 bridgehead atoms. The third-order valence-electron chi connectivity index (χ3n) is 5.02. The molecule has 1 N–H and O–H groups in total. The first-order chi connectivity index (χ1) is 14.9. The first-order valence-corrected chi connectivity index (χ1v) is 10.3. The van der Waals surface area contributed by atoms with E-state index in [1.54, 1.807) is 30.3 Å². The quantitative estimate of drug-likeness (QED) is 0.343. The van der Waals surface area contributed by atoms with Gasteiger partial charge in [0.1, 0.15) is 0 Å².